The van der Waals surface area contributed by atoms with E-state index in [1.54, 1.807) is 37.3 Å². The fraction of sp³-hybridized carbons (Fsp3) is 0.261. The summed E-state index contributed by atoms with van der Waals surface area (Å²) in [4.78, 5) is 30.8. The van der Waals surface area contributed by atoms with E-state index in [1.807, 2.05) is 0 Å². The largest absolute Gasteiger partial charge is 0.325 e. The number of aromatic nitrogens is 2. The maximum atomic E-state index is 12.9. The Morgan fingerprint density at radius 2 is 1.91 bits per heavy atom. The first-order valence-electron chi connectivity index (χ1n) is 10.3. The normalized spacial score (nSPS) is 11.4. The third-order valence-corrected chi connectivity index (χ3v) is 8.03. The first-order chi connectivity index (χ1) is 15.7. The molecule has 0 aliphatic rings. The van der Waals surface area contributed by atoms with Gasteiger partial charge < -0.3 is 10.3 Å². The van der Waals surface area contributed by atoms with Gasteiger partial charge >= 0.3 is 0 Å². The van der Waals surface area contributed by atoms with Crippen LogP contribution in [0.1, 0.15) is 30.9 Å². The molecule has 2 aromatic carbocycles. The molecule has 3 aromatic rings. The lowest BCUT2D eigenvalue weighted by Crippen LogP contribution is -2.20. The molecule has 0 fully saturated rings. The number of carbonyl (C=O) groups excluding carboxylic acids is 1. The molecular weight excluding hydrogens is 482 g/mol. The lowest BCUT2D eigenvalue weighted by atomic mass is 10.1. The Morgan fingerprint density at radius 1 is 1.18 bits per heavy atom. The third-order valence-electron chi connectivity index (χ3n) is 4.97. The Balaban J connectivity index is 1.68. The SMILES string of the molecule is CCCCc1ccc(S(=O)(=O)c2cnc(SCC(=O)Nc3cccc(Cl)c3C)[nH]c2=O)cc1. The van der Waals surface area contributed by atoms with Crippen molar-refractivity contribution in [2.75, 3.05) is 11.1 Å². The van der Waals surface area contributed by atoms with Crippen LogP contribution in [0.5, 0.6) is 0 Å². The maximum Gasteiger partial charge on any atom is 0.270 e. The molecule has 2 N–H and O–H groups in total. The maximum absolute atomic E-state index is 12.9. The topological polar surface area (TPSA) is 109 Å². The molecule has 1 heterocycles. The second-order valence-electron chi connectivity index (χ2n) is 7.38. The number of rotatable bonds is 9. The highest BCUT2D eigenvalue weighted by molar-refractivity contribution is 7.99. The van der Waals surface area contributed by atoms with Crippen LogP contribution in [0, 0.1) is 6.92 Å². The van der Waals surface area contributed by atoms with Crippen molar-refractivity contribution in [3.8, 4) is 0 Å². The lowest BCUT2D eigenvalue weighted by Gasteiger charge is -2.09. The summed E-state index contributed by atoms with van der Waals surface area (Å²) in [7, 11) is -4.01. The van der Waals surface area contributed by atoms with Crippen LogP contribution < -0.4 is 10.9 Å². The summed E-state index contributed by atoms with van der Waals surface area (Å²) in [6.07, 6.45) is 3.97. The average molecular weight is 506 g/mol. The Kier molecular flexibility index (Phi) is 8.34. The molecule has 10 heteroatoms. The Bertz CT molecular complexity index is 1310. The van der Waals surface area contributed by atoms with Crippen molar-refractivity contribution in [3.05, 3.63) is 75.2 Å². The molecular formula is C23H24ClN3O4S2. The molecule has 0 aliphatic carbocycles. The highest BCUT2D eigenvalue weighted by Crippen LogP contribution is 2.24. The summed E-state index contributed by atoms with van der Waals surface area (Å²) in [5, 5.41) is 3.44. The lowest BCUT2D eigenvalue weighted by molar-refractivity contribution is -0.113. The molecule has 7 nitrogen and oxygen atoms in total. The van der Waals surface area contributed by atoms with E-state index in [0.29, 0.717) is 10.7 Å². The van der Waals surface area contributed by atoms with Gasteiger partial charge in [0.25, 0.3) is 5.56 Å². The van der Waals surface area contributed by atoms with E-state index in [9.17, 15) is 18.0 Å². The predicted octanol–water partition coefficient (Wildman–Crippen LogP) is 4.64. The fourth-order valence-electron chi connectivity index (χ4n) is 3.04. The minimum Gasteiger partial charge on any atom is -0.325 e. The van der Waals surface area contributed by atoms with Crippen molar-refractivity contribution >= 4 is 44.8 Å². The predicted molar refractivity (Wildman–Crippen MR) is 131 cm³/mol. The molecule has 0 spiro atoms. The van der Waals surface area contributed by atoms with E-state index in [-0.39, 0.29) is 21.7 Å². The molecule has 0 unspecified atom stereocenters. The number of nitrogens with zero attached hydrogens (tertiary/aromatic N) is 1. The van der Waals surface area contributed by atoms with E-state index in [2.05, 4.69) is 22.2 Å². The van der Waals surface area contributed by atoms with Crippen molar-refractivity contribution in [2.24, 2.45) is 0 Å². The fourth-order valence-corrected chi connectivity index (χ4v) is 5.08. The summed E-state index contributed by atoms with van der Waals surface area (Å²) in [6, 6.07) is 11.7. The van der Waals surface area contributed by atoms with Crippen molar-refractivity contribution in [1.29, 1.82) is 0 Å². The van der Waals surface area contributed by atoms with Crippen LogP contribution in [-0.4, -0.2) is 30.0 Å². The van der Waals surface area contributed by atoms with E-state index >= 15 is 0 Å². The van der Waals surface area contributed by atoms with Crippen molar-refractivity contribution < 1.29 is 13.2 Å². The molecule has 3 rings (SSSR count). The molecule has 1 amide bonds. The number of hydrogen-bond donors (Lipinski definition) is 2. The van der Waals surface area contributed by atoms with Gasteiger partial charge in [-0.15, -0.1) is 0 Å². The number of unbranched alkanes of at least 4 members (excludes halogenated alkanes) is 1. The number of halogens is 1. The Morgan fingerprint density at radius 3 is 2.58 bits per heavy atom. The molecule has 0 bridgehead atoms. The van der Waals surface area contributed by atoms with Crippen LogP contribution in [-0.2, 0) is 21.1 Å². The van der Waals surface area contributed by atoms with Crippen LogP contribution in [0.4, 0.5) is 5.69 Å². The van der Waals surface area contributed by atoms with E-state index < -0.39 is 20.3 Å². The van der Waals surface area contributed by atoms with Gasteiger partial charge in [0, 0.05) is 10.7 Å². The van der Waals surface area contributed by atoms with Gasteiger partial charge in [0.2, 0.25) is 15.7 Å². The zero-order valence-corrected chi connectivity index (χ0v) is 20.6. The molecule has 0 radical (unpaired) electrons. The number of carbonyl (C=O) groups is 1. The second kappa shape index (κ2) is 11.0. The van der Waals surface area contributed by atoms with Gasteiger partial charge in [-0.25, -0.2) is 13.4 Å². The van der Waals surface area contributed by atoms with Crippen LogP contribution in [0.2, 0.25) is 5.02 Å². The molecule has 0 saturated carbocycles. The average Bonchev–Trinajstić information content (AvgIpc) is 2.79. The summed E-state index contributed by atoms with van der Waals surface area (Å²) in [5.41, 5.74) is 1.60. The minimum absolute atomic E-state index is 0.0276. The van der Waals surface area contributed by atoms with Gasteiger partial charge in [0.05, 0.1) is 16.8 Å². The third kappa shape index (κ3) is 6.25. The van der Waals surface area contributed by atoms with Gasteiger partial charge in [0.1, 0.15) is 0 Å². The first-order valence-corrected chi connectivity index (χ1v) is 13.2. The van der Waals surface area contributed by atoms with Crippen molar-refractivity contribution in [3.63, 3.8) is 0 Å². The van der Waals surface area contributed by atoms with Gasteiger partial charge in [-0.3, -0.25) is 9.59 Å². The van der Waals surface area contributed by atoms with Crippen LogP contribution in [0.15, 0.2) is 68.4 Å². The number of thioether (sulfide) groups is 1. The molecule has 33 heavy (non-hydrogen) atoms. The number of sulfone groups is 1. The number of amides is 1. The first kappa shape index (κ1) is 25.0. The monoisotopic (exact) mass is 505 g/mol. The van der Waals surface area contributed by atoms with Crippen molar-refractivity contribution in [2.45, 2.75) is 48.1 Å². The van der Waals surface area contributed by atoms with Gasteiger partial charge in [-0.2, -0.15) is 0 Å². The molecule has 0 atom stereocenters. The number of hydrogen-bond acceptors (Lipinski definition) is 6. The standard InChI is InChI=1S/C23H24ClN3O4S2/c1-3-4-6-16-9-11-17(12-10-16)33(30,31)20-13-25-23(27-22(20)29)32-14-21(28)26-19-8-5-7-18(24)15(19)2/h5,7-13H,3-4,6,14H2,1-2H3,(H,26,28)(H,25,27,29). The highest BCUT2D eigenvalue weighted by Gasteiger charge is 2.22. The van der Waals surface area contributed by atoms with E-state index in [0.717, 1.165) is 48.3 Å². The highest BCUT2D eigenvalue weighted by atomic mass is 35.5. The summed E-state index contributed by atoms with van der Waals surface area (Å²) in [5.74, 6) is -0.340. The Hall–Kier alpha value is -2.62. The number of aryl methyl sites for hydroxylation is 1. The molecule has 0 aliphatic heterocycles. The molecule has 174 valence electrons. The molecule has 0 saturated heterocycles. The quantitative estimate of drug-likeness (QED) is 0.324. The summed E-state index contributed by atoms with van der Waals surface area (Å²) < 4.78 is 25.8. The number of anilines is 1. The summed E-state index contributed by atoms with van der Waals surface area (Å²) >= 11 is 7.05. The van der Waals surface area contributed by atoms with E-state index in [1.165, 1.54) is 12.1 Å². The van der Waals surface area contributed by atoms with Gasteiger partial charge in [-0.1, -0.05) is 54.9 Å². The van der Waals surface area contributed by atoms with E-state index in [4.69, 9.17) is 11.6 Å². The van der Waals surface area contributed by atoms with Crippen LogP contribution in [0.3, 0.4) is 0 Å². The Labute approximate surface area is 201 Å². The number of benzene rings is 2. The zero-order chi connectivity index (χ0) is 24.0. The minimum atomic E-state index is -4.01. The van der Waals surface area contributed by atoms with Crippen LogP contribution in [0.25, 0.3) is 0 Å². The summed E-state index contributed by atoms with van der Waals surface area (Å²) in [6.45, 7) is 3.88. The zero-order valence-electron chi connectivity index (χ0n) is 18.2. The number of nitrogens with one attached hydrogen (secondary N) is 2. The van der Waals surface area contributed by atoms with Crippen molar-refractivity contribution in [1.82, 2.24) is 9.97 Å². The van der Waals surface area contributed by atoms with Gasteiger partial charge in [-0.05, 0) is 55.2 Å². The van der Waals surface area contributed by atoms with Crippen LogP contribution >= 0.6 is 23.4 Å². The number of H-pyrrole nitrogens is 1. The molecule has 1 aromatic heterocycles. The number of aromatic amines is 1. The smallest absolute Gasteiger partial charge is 0.270 e. The second-order valence-corrected chi connectivity index (χ2v) is 10.7. The van der Waals surface area contributed by atoms with Gasteiger partial charge in [0.15, 0.2) is 10.1 Å².